The Morgan fingerprint density at radius 3 is 2.62 bits per heavy atom. The summed E-state index contributed by atoms with van der Waals surface area (Å²) < 4.78 is 4.83. The number of primary amides is 1. The van der Waals surface area contributed by atoms with Crippen LogP contribution in [0.15, 0.2) is 0 Å². The fourth-order valence-corrected chi connectivity index (χ4v) is 0.528. The number of ether oxygens (including phenoxy) is 1. The van der Waals surface area contributed by atoms with Crippen LogP contribution < -0.4 is 16.8 Å². The van der Waals surface area contributed by atoms with E-state index in [0.29, 0.717) is 0 Å². The van der Waals surface area contributed by atoms with Crippen molar-refractivity contribution in [2.75, 3.05) is 19.8 Å². The Morgan fingerprint density at radius 1 is 1.54 bits per heavy atom. The number of amides is 2. The molecule has 13 heavy (non-hydrogen) atoms. The van der Waals surface area contributed by atoms with E-state index in [2.05, 4.69) is 5.32 Å². The van der Waals surface area contributed by atoms with Crippen molar-refractivity contribution in [3.8, 4) is 0 Å². The lowest BCUT2D eigenvalue weighted by Gasteiger charge is -2.07. The monoisotopic (exact) mass is 191 g/mol. The molecule has 0 saturated heterocycles. The average molecular weight is 191 g/mol. The van der Waals surface area contributed by atoms with E-state index < -0.39 is 18.0 Å². The number of carboxylic acids is 1. The van der Waals surface area contributed by atoms with E-state index in [1.165, 1.54) is 0 Å². The fraction of sp³-hybridized carbons (Fsp3) is 0.667. The van der Waals surface area contributed by atoms with Gasteiger partial charge in [-0.05, 0) is 0 Å². The van der Waals surface area contributed by atoms with E-state index in [-0.39, 0.29) is 19.8 Å². The zero-order valence-corrected chi connectivity index (χ0v) is 7.03. The predicted molar refractivity (Wildman–Crippen MR) is 44.0 cm³/mol. The molecule has 0 unspecified atom stereocenters. The molecule has 0 aliphatic rings. The van der Waals surface area contributed by atoms with Crippen molar-refractivity contribution in [1.82, 2.24) is 5.32 Å². The molecule has 0 aliphatic heterocycles. The zero-order chi connectivity index (χ0) is 10.3. The highest BCUT2D eigenvalue weighted by Gasteiger charge is 2.10. The molecular formula is C6H13N3O4. The maximum atomic E-state index is 10.2. The summed E-state index contributed by atoms with van der Waals surface area (Å²) in [5.41, 5.74) is 9.88. The van der Waals surface area contributed by atoms with E-state index in [0.717, 1.165) is 0 Å². The Morgan fingerprint density at radius 2 is 2.15 bits per heavy atom. The first-order valence-electron chi connectivity index (χ1n) is 3.63. The molecule has 76 valence electrons. The number of hydrogen-bond acceptors (Lipinski definition) is 4. The third kappa shape index (κ3) is 7.04. The standard InChI is InChI=1S/C6H13N3O4/c7-4(5(10)11)3-13-2-1-9-6(8)12/h4H,1-3,7H2,(H,10,11)(H3,8,9,12)/t4-/m1/s1. The van der Waals surface area contributed by atoms with Crippen molar-refractivity contribution in [1.29, 1.82) is 0 Å². The first kappa shape index (κ1) is 11.7. The normalized spacial score (nSPS) is 12.1. The predicted octanol–water partition coefficient (Wildman–Crippen LogP) is -1.92. The number of carbonyl (C=O) groups excluding carboxylic acids is 1. The van der Waals surface area contributed by atoms with Gasteiger partial charge in [0.05, 0.1) is 13.2 Å². The van der Waals surface area contributed by atoms with E-state index in [1.807, 2.05) is 0 Å². The number of carbonyl (C=O) groups is 2. The van der Waals surface area contributed by atoms with E-state index in [1.54, 1.807) is 0 Å². The Balaban J connectivity index is 3.26. The summed E-state index contributed by atoms with van der Waals surface area (Å²) in [6, 6.07) is -1.68. The van der Waals surface area contributed by atoms with Crippen LogP contribution in [0, 0.1) is 0 Å². The van der Waals surface area contributed by atoms with E-state index in [9.17, 15) is 9.59 Å². The van der Waals surface area contributed by atoms with E-state index in [4.69, 9.17) is 21.3 Å². The minimum absolute atomic E-state index is 0.0875. The fourth-order valence-electron chi connectivity index (χ4n) is 0.528. The number of carboxylic acid groups (broad SMARTS) is 1. The SMILES string of the molecule is NC(=O)NCCOC[C@@H](N)C(=O)O. The van der Waals surface area contributed by atoms with Crippen LogP contribution in [0.3, 0.4) is 0 Å². The summed E-state index contributed by atoms with van der Waals surface area (Å²) >= 11 is 0. The van der Waals surface area contributed by atoms with Gasteiger partial charge in [-0.2, -0.15) is 0 Å². The zero-order valence-electron chi connectivity index (χ0n) is 7.03. The van der Waals surface area contributed by atoms with Gasteiger partial charge in [0.25, 0.3) is 0 Å². The van der Waals surface area contributed by atoms with Crippen molar-refractivity contribution in [2.45, 2.75) is 6.04 Å². The number of urea groups is 1. The highest BCUT2D eigenvalue weighted by Crippen LogP contribution is 1.81. The first-order valence-corrected chi connectivity index (χ1v) is 3.63. The lowest BCUT2D eigenvalue weighted by atomic mass is 10.3. The molecule has 6 N–H and O–H groups in total. The van der Waals surface area contributed by atoms with Crippen molar-refractivity contribution in [3.05, 3.63) is 0 Å². The summed E-state index contributed by atoms with van der Waals surface area (Å²) in [5.74, 6) is -1.12. The molecule has 0 aromatic rings. The number of hydrogen-bond donors (Lipinski definition) is 4. The summed E-state index contributed by atoms with van der Waals surface area (Å²) in [6.45, 7) is 0.335. The largest absolute Gasteiger partial charge is 0.480 e. The summed E-state index contributed by atoms with van der Waals surface area (Å²) in [7, 11) is 0. The third-order valence-electron chi connectivity index (χ3n) is 1.16. The van der Waals surface area contributed by atoms with Gasteiger partial charge < -0.3 is 26.6 Å². The van der Waals surface area contributed by atoms with Gasteiger partial charge >= 0.3 is 12.0 Å². The molecule has 0 bridgehead atoms. The second kappa shape index (κ2) is 6.21. The second-order valence-electron chi connectivity index (χ2n) is 2.31. The first-order chi connectivity index (χ1) is 6.04. The molecule has 1 atom stereocenters. The van der Waals surface area contributed by atoms with Gasteiger partial charge in [-0.3, -0.25) is 4.79 Å². The number of nitrogens with two attached hydrogens (primary N) is 2. The molecule has 0 saturated carbocycles. The summed E-state index contributed by atoms with van der Waals surface area (Å²) in [5, 5.41) is 10.6. The molecular weight excluding hydrogens is 178 g/mol. The average Bonchev–Trinajstić information content (AvgIpc) is 2.02. The van der Waals surface area contributed by atoms with Crippen LogP contribution >= 0.6 is 0 Å². The van der Waals surface area contributed by atoms with Gasteiger partial charge in [-0.25, -0.2) is 4.79 Å². The molecule has 0 spiro atoms. The maximum Gasteiger partial charge on any atom is 0.322 e. The van der Waals surface area contributed by atoms with Crippen molar-refractivity contribution in [3.63, 3.8) is 0 Å². The molecule has 0 heterocycles. The van der Waals surface area contributed by atoms with Crippen LogP contribution in [0.4, 0.5) is 4.79 Å². The van der Waals surface area contributed by atoms with Crippen molar-refractivity contribution < 1.29 is 19.4 Å². The molecule has 7 nitrogen and oxygen atoms in total. The molecule has 7 heteroatoms. The van der Waals surface area contributed by atoms with Crippen LogP contribution in [0.25, 0.3) is 0 Å². The Kier molecular flexibility index (Phi) is 5.57. The molecule has 0 aliphatic carbocycles. The second-order valence-corrected chi connectivity index (χ2v) is 2.31. The van der Waals surface area contributed by atoms with Gasteiger partial charge in [0.15, 0.2) is 0 Å². The third-order valence-corrected chi connectivity index (χ3v) is 1.16. The van der Waals surface area contributed by atoms with Gasteiger partial charge in [-0.1, -0.05) is 0 Å². The summed E-state index contributed by atoms with van der Waals surface area (Å²) in [4.78, 5) is 20.3. The van der Waals surface area contributed by atoms with Crippen LogP contribution in [0.5, 0.6) is 0 Å². The highest BCUT2D eigenvalue weighted by molar-refractivity contribution is 5.73. The highest BCUT2D eigenvalue weighted by atomic mass is 16.5. The molecule has 0 radical (unpaired) electrons. The molecule has 0 rings (SSSR count). The van der Waals surface area contributed by atoms with Gasteiger partial charge in [-0.15, -0.1) is 0 Å². The Labute approximate surface area is 75.0 Å². The number of rotatable bonds is 6. The minimum Gasteiger partial charge on any atom is -0.480 e. The van der Waals surface area contributed by atoms with Crippen LogP contribution in [0.1, 0.15) is 0 Å². The topological polar surface area (TPSA) is 128 Å². The Bertz CT molecular complexity index is 185. The maximum absolute atomic E-state index is 10.2. The van der Waals surface area contributed by atoms with Gasteiger partial charge in [0.1, 0.15) is 6.04 Å². The lowest BCUT2D eigenvalue weighted by molar-refractivity contribution is -0.139. The number of nitrogens with one attached hydrogen (secondary N) is 1. The van der Waals surface area contributed by atoms with Crippen LogP contribution in [0.2, 0.25) is 0 Å². The van der Waals surface area contributed by atoms with Gasteiger partial charge in [0, 0.05) is 6.54 Å². The number of aliphatic carboxylic acids is 1. The smallest absolute Gasteiger partial charge is 0.322 e. The minimum atomic E-state index is -1.12. The molecule has 0 aromatic heterocycles. The van der Waals surface area contributed by atoms with Crippen molar-refractivity contribution in [2.24, 2.45) is 11.5 Å². The van der Waals surface area contributed by atoms with Crippen molar-refractivity contribution >= 4 is 12.0 Å². The molecule has 0 aromatic carbocycles. The van der Waals surface area contributed by atoms with Gasteiger partial charge in [0.2, 0.25) is 0 Å². The van der Waals surface area contributed by atoms with E-state index >= 15 is 0 Å². The summed E-state index contributed by atoms with van der Waals surface area (Å²) in [6.07, 6.45) is 0. The van der Waals surface area contributed by atoms with Crippen LogP contribution in [-0.2, 0) is 9.53 Å². The quantitative estimate of drug-likeness (QED) is 0.364. The lowest BCUT2D eigenvalue weighted by Crippen LogP contribution is -2.37. The molecule has 2 amide bonds. The van der Waals surface area contributed by atoms with Crippen LogP contribution in [-0.4, -0.2) is 42.9 Å². The molecule has 0 fully saturated rings. The Hall–Kier alpha value is -1.34.